The van der Waals surface area contributed by atoms with Crippen LogP contribution in [-0.4, -0.2) is 17.2 Å². The molecule has 0 bridgehead atoms. The van der Waals surface area contributed by atoms with E-state index in [4.69, 9.17) is 0 Å². The summed E-state index contributed by atoms with van der Waals surface area (Å²) in [4.78, 5) is 1.06. The lowest BCUT2D eigenvalue weighted by Crippen LogP contribution is -2.31. The number of benzene rings is 1. The third-order valence-electron chi connectivity index (χ3n) is 2.29. The molecule has 0 aliphatic heterocycles. The SMILES string of the molecule is CCc1sc2ccccc2c1B(O)O. The molecule has 0 aliphatic rings. The Morgan fingerprint density at radius 1 is 1.29 bits per heavy atom. The Kier molecular flexibility index (Phi) is 2.59. The monoisotopic (exact) mass is 206 g/mol. The first kappa shape index (κ1) is 9.71. The number of hydrogen-bond acceptors (Lipinski definition) is 3. The second-order valence-corrected chi connectivity index (χ2v) is 4.30. The largest absolute Gasteiger partial charge is 0.490 e. The lowest BCUT2D eigenvalue weighted by Gasteiger charge is -1.99. The minimum absolute atomic E-state index is 0.674. The van der Waals surface area contributed by atoms with E-state index in [0.717, 1.165) is 21.4 Å². The van der Waals surface area contributed by atoms with Gasteiger partial charge >= 0.3 is 7.12 Å². The van der Waals surface area contributed by atoms with E-state index >= 15 is 0 Å². The highest BCUT2D eigenvalue weighted by atomic mass is 32.1. The van der Waals surface area contributed by atoms with Crippen molar-refractivity contribution in [3.8, 4) is 0 Å². The maximum atomic E-state index is 9.28. The molecule has 0 amide bonds. The number of aryl methyl sites for hydroxylation is 1. The molecule has 0 saturated carbocycles. The standard InChI is InChI=1S/C10H11BO2S/c1-2-8-10(11(12)13)7-5-3-4-6-9(7)14-8/h3-6,12-13H,2H2,1H3. The predicted octanol–water partition coefficient (Wildman–Crippen LogP) is 1.14. The molecule has 1 aromatic carbocycles. The van der Waals surface area contributed by atoms with Crippen LogP contribution in [0, 0.1) is 0 Å². The average Bonchev–Trinajstić information content (AvgIpc) is 2.55. The van der Waals surface area contributed by atoms with Crippen molar-refractivity contribution >= 4 is 34.0 Å². The summed E-state index contributed by atoms with van der Waals surface area (Å²) in [6.07, 6.45) is 0.840. The molecule has 14 heavy (non-hydrogen) atoms. The van der Waals surface area contributed by atoms with E-state index in [1.165, 1.54) is 0 Å². The molecule has 0 atom stereocenters. The van der Waals surface area contributed by atoms with Gasteiger partial charge in [0.1, 0.15) is 0 Å². The van der Waals surface area contributed by atoms with Crippen LogP contribution in [0.5, 0.6) is 0 Å². The molecule has 72 valence electrons. The van der Waals surface area contributed by atoms with Crippen molar-refractivity contribution < 1.29 is 10.0 Å². The van der Waals surface area contributed by atoms with Crippen LogP contribution in [0.4, 0.5) is 0 Å². The molecule has 0 saturated heterocycles. The number of thiophene rings is 1. The van der Waals surface area contributed by atoms with E-state index in [1.807, 2.05) is 31.2 Å². The number of rotatable bonds is 2. The van der Waals surface area contributed by atoms with Gasteiger partial charge in [0, 0.05) is 15.0 Å². The van der Waals surface area contributed by atoms with Gasteiger partial charge in [0.05, 0.1) is 0 Å². The Balaban J connectivity index is 2.74. The molecular formula is C10H11BO2S. The van der Waals surface area contributed by atoms with Gasteiger partial charge in [0.25, 0.3) is 0 Å². The lowest BCUT2D eigenvalue weighted by molar-refractivity contribution is 0.426. The maximum absolute atomic E-state index is 9.28. The molecule has 0 unspecified atom stereocenters. The normalized spacial score (nSPS) is 10.8. The summed E-state index contributed by atoms with van der Waals surface area (Å²) >= 11 is 1.63. The van der Waals surface area contributed by atoms with E-state index in [2.05, 4.69) is 0 Å². The molecule has 1 aromatic heterocycles. The zero-order valence-electron chi connectivity index (χ0n) is 7.90. The van der Waals surface area contributed by atoms with Crippen molar-refractivity contribution in [2.24, 2.45) is 0 Å². The van der Waals surface area contributed by atoms with Crippen LogP contribution in [0.25, 0.3) is 10.1 Å². The van der Waals surface area contributed by atoms with Gasteiger partial charge in [0.2, 0.25) is 0 Å². The summed E-state index contributed by atoms with van der Waals surface area (Å²) < 4.78 is 1.12. The van der Waals surface area contributed by atoms with Crippen molar-refractivity contribution in [2.45, 2.75) is 13.3 Å². The van der Waals surface area contributed by atoms with Crippen molar-refractivity contribution in [2.75, 3.05) is 0 Å². The minimum atomic E-state index is -1.36. The molecule has 4 heteroatoms. The minimum Gasteiger partial charge on any atom is -0.423 e. The zero-order valence-corrected chi connectivity index (χ0v) is 8.71. The van der Waals surface area contributed by atoms with E-state index < -0.39 is 7.12 Å². The summed E-state index contributed by atoms with van der Waals surface area (Å²) in [6, 6.07) is 7.82. The molecule has 2 nitrogen and oxygen atoms in total. The van der Waals surface area contributed by atoms with Crippen molar-refractivity contribution in [1.29, 1.82) is 0 Å². The highest BCUT2D eigenvalue weighted by molar-refractivity contribution is 7.20. The Bertz CT molecular complexity index is 450. The van der Waals surface area contributed by atoms with Gasteiger partial charge < -0.3 is 10.0 Å². The topological polar surface area (TPSA) is 40.5 Å². The van der Waals surface area contributed by atoms with E-state index in [0.29, 0.717) is 5.46 Å². The highest BCUT2D eigenvalue weighted by Crippen LogP contribution is 2.23. The Labute approximate surface area is 87.0 Å². The van der Waals surface area contributed by atoms with Crippen LogP contribution in [0.15, 0.2) is 24.3 Å². The molecule has 0 spiro atoms. The average molecular weight is 206 g/mol. The summed E-state index contributed by atoms with van der Waals surface area (Å²) in [5.41, 5.74) is 0.674. The summed E-state index contributed by atoms with van der Waals surface area (Å²) in [5.74, 6) is 0. The van der Waals surface area contributed by atoms with Crippen LogP contribution in [0.1, 0.15) is 11.8 Å². The smallest absolute Gasteiger partial charge is 0.423 e. The van der Waals surface area contributed by atoms with Gasteiger partial charge in [-0.15, -0.1) is 11.3 Å². The molecule has 2 aromatic rings. The van der Waals surface area contributed by atoms with Gasteiger partial charge in [-0.1, -0.05) is 25.1 Å². The number of hydrogen-bond donors (Lipinski definition) is 2. The van der Waals surface area contributed by atoms with Gasteiger partial charge in [0.15, 0.2) is 0 Å². The summed E-state index contributed by atoms with van der Waals surface area (Å²) in [6.45, 7) is 2.02. The highest BCUT2D eigenvalue weighted by Gasteiger charge is 2.20. The molecule has 0 radical (unpaired) electrons. The van der Waals surface area contributed by atoms with Gasteiger partial charge in [-0.25, -0.2) is 0 Å². The predicted molar refractivity (Wildman–Crippen MR) is 61.0 cm³/mol. The zero-order chi connectivity index (χ0) is 10.1. The first-order valence-electron chi connectivity index (χ1n) is 4.60. The Morgan fingerprint density at radius 2 is 2.00 bits per heavy atom. The van der Waals surface area contributed by atoms with Gasteiger partial charge in [-0.3, -0.25) is 0 Å². The fraction of sp³-hybridized carbons (Fsp3) is 0.200. The second kappa shape index (κ2) is 3.73. The van der Waals surface area contributed by atoms with Crippen molar-refractivity contribution in [3.63, 3.8) is 0 Å². The summed E-state index contributed by atoms with van der Waals surface area (Å²) in [5, 5.41) is 19.5. The molecule has 1 heterocycles. The fourth-order valence-electron chi connectivity index (χ4n) is 1.66. The van der Waals surface area contributed by atoms with Crippen molar-refractivity contribution in [1.82, 2.24) is 0 Å². The third-order valence-corrected chi connectivity index (χ3v) is 3.62. The second-order valence-electron chi connectivity index (χ2n) is 3.16. The fourth-order valence-corrected chi connectivity index (χ4v) is 2.83. The lowest BCUT2D eigenvalue weighted by atomic mass is 9.78. The van der Waals surface area contributed by atoms with Crippen LogP contribution in [0.2, 0.25) is 0 Å². The molecule has 2 N–H and O–H groups in total. The maximum Gasteiger partial charge on any atom is 0.490 e. The first-order chi connectivity index (χ1) is 6.74. The van der Waals surface area contributed by atoms with Crippen molar-refractivity contribution in [3.05, 3.63) is 29.1 Å². The van der Waals surface area contributed by atoms with E-state index in [9.17, 15) is 10.0 Å². The van der Waals surface area contributed by atoms with Crippen LogP contribution >= 0.6 is 11.3 Å². The molecule has 2 rings (SSSR count). The Morgan fingerprint density at radius 3 is 2.64 bits per heavy atom. The van der Waals surface area contributed by atoms with Gasteiger partial charge in [-0.05, 0) is 17.9 Å². The van der Waals surface area contributed by atoms with Gasteiger partial charge in [-0.2, -0.15) is 0 Å². The number of fused-ring (bicyclic) bond motifs is 1. The van der Waals surface area contributed by atoms with Crippen LogP contribution in [0.3, 0.4) is 0 Å². The van der Waals surface area contributed by atoms with E-state index in [1.54, 1.807) is 11.3 Å². The van der Waals surface area contributed by atoms with Crippen LogP contribution < -0.4 is 5.46 Å². The molecule has 0 fully saturated rings. The quantitative estimate of drug-likeness (QED) is 0.723. The summed E-state index contributed by atoms with van der Waals surface area (Å²) in [7, 11) is -1.36. The first-order valence-corrected chi connectivity index (χ1v) is 5.42. The Hall–Kier alpha value is -0.835. The molecule has 0 aliphatic carbocycles. The van der Waals surface area contributed by atoms with E-state index in [-0.39, 0.29) is 0 Å². The van der Waals surface area contributed by atoms with Crippen LogP contribution in [-0.2, 0) is 6.42 Å². The molecular weight excluding hydrogens is 195 g/mol. The third kappa shape index (κ3) is 1.45.